The molecule has 5 heteroatoms. The van der Waals surface area contributed by atoms with Gasteiger partial charge in [-0.3, -0.25) is 4.79 Å². The Labute approximate surface area is 111 Å². The van der Waals surface area contributed by atoms with E-state index in [1.807, 2.05) is 6.92 Å². The number of carbonyl (C=O) groups excluding carboxylic acids is 1. The molecule has 1 unspecified atom stereocenters. The van der Waals surface area contributed by atoms with Gasteiger partial charge in [-0.15, -0.1) is 0 Å². The zero-order valence-electron chi connectivity index (χ0n) is 10.5. The van der Waals surface area contributed by atoms with Gasteiger partial charge >= 0.3 is 0 Å². The van der Waals surface area contributed by atoms with Gasteiger partial charge in [-0.1, -0.05) is 6.07 Å². The molecule has 3 N–H and O–H groups in total. The van der Waals surface area contributed by atoms with Gasteiger partial charge in [-0.25, -0.2) is 4.39 Å². The summed E-state index contributed by atoms with van der Waals surface area (Å²) >= 11 is 1.71. The molecule has 0 aliphatic carbocycles. The van der Waals surface area contributed by atoms with Gasteiger partial charge in [0.1, 0.15) is 5.82 Å². The first-order valence-electron chi connectivity index (χ1n) is 5.96. The Morgan fingerprint density at radius 1 is 1.50 bits per heavy atom. The molecule has 0 fully saturated rings. The molecule has 18 heavy (non-hydrogen) atoms. The van der Waals surface area contributed by atoms with Crippen LogP contribution in [0.15, 0.2) is 24.3 Å². The molecule has 0 saturated heterocycles. The van der Waals surface area contributed by atoms with Crippen molar-refractivity contribution in [1.29, 1.82) is 0 Å². The Morgan fingerprint density at radius 3 is 2.94 bits per heavy atom. The molecule has 3 nitrogen and oxygen atoms in total. The molecule has 0 radical (unpaired) electrons. The maximum absolute atomic E-state index is 12.9. The fraction of sp³-hybridized carbons (Fsp3) is 0.462. The summed E-state index contributed by atoms with van der Waals surface area (Å²) in [5, 5.41) is 2.67. The molecular formula is C13H19FN2OS. The minimum atomic E-state index is -0.348. The van der Waals surface area contributed by atoms with Crippen molar-refractivity contribution in [3.63, 3.8) is 0 Å². The van der Waals surface area contributed by atoms with Crippen molar-refractivity contribution in [3.05, 3.63) is 30.1 Å². The van der Waals surface area contributed by atoms with Crippen molar-refractivity contribution >= 4 is 23.4 Å². The number of anilines is 1. The molecule has 0 heterocycles. The summed E-state index contributed by atoms with van der Waals surface area (Å²) < 4.78 is 12.9. The van der Waals surface area contributed by atoms with E-state index in [2.05, 4.69) is 5.32 Å². The Balaban J connectivity index is 2.18. The van der Waals surface area contributed by atoms with Gasteiger partial charge in [0, 0.05) is 23.9 Å². The van der Waals surface area contributed by atoms with E-state index in [1.165, 1.54) is 12.1 Å². The molecular weight excluding hydrogens is 251 g/mol. The van der Waals surface area contributed by atoms with Crippen LogP contribution in [0.1, 0.15) is 19.8 Å². The Kier molecular flexibility index (Phi) is 6.75. The van der Waals surface area contributed by atoms with Crippen molar-refractivity contribution in [2.75, 3.05) is 16.8 Å². The number of nitrogens with two attached hydrogens (primary N) is 1. The predicted molar refractivity (Wildman–Crippen MR) is 75.2 cm³/mol. The van der Waals surface area contributed by atoms with Crippen molar-refractivity contribution in [2.45, 2.75) is 25.8 Å². The average Bonchev–Trinajstić information content (AvgIpc) is 2.28. The van der Waals surface area contributed by atoms with E-state index in [0.29, 0.717) is 12.1 Å². The lowest BCUT2D eigenvalue weighted by molar-refractivity contribution is -0.115. The van der Waals surface area contributed by atoms with Gasteiger partial charge in [0.05, 0.1) is 0 Å². The zero-order valence-corrected chi connectivity index (χ0v) is 11.3. The maximum atomic E-state index is 12.9. The minimum Gasteiger partial charge on any atom is -0.328 e. The summed E-state index contributed by atoms with van der Waals surface area (Å²) in [6, 6.07) is 6.10. The second kappa shape index (κ2) is 8.11. The predicted octanol–water partition coefficient (Wildman–Crippen LogP) is 2.62. The van der Waals surface area contributed by atoms with Gasteiger partial charge < -0.3 is 11.1 Å². The average molecular weight is 270 g/mol. The number of hydrogen-bond donors (Lipinski definition) is 2. The van der Waals surface area contributed by atoms with E-state index in [-0.39, 0.29) is 17.8 Å². The van der Waals surface area contributed by atoms with Crippen LogP contribution in [0.3, 0.4) is 0 Å². The highest BCUT2D eigenvalue weighted by Gasteiger charge is 2.03. The van der Waals surface area contributed by atoms with Crippen molar-refractivity contribution in [1.82, 2.24) is 0 Å². The first-order chi connectivity index (χ1) is 8.58. The van der Waals surface area contributed by atoms with Gasteiger partial charge in [-0.2, -0.15) is 11.8 Å². The van der Waals surface area contributed by atoms with Crippen molar-refractivity contribution in [2.24, 2.45) is 5.73 Å². The zero-order chi connectivity index (χ0) is 13.4. The first-order valence-corrected chi connectivity index (χ1v) is 7.12. The first kappa shape index (κ1) is 15.0. The third-order valence-electron chi connectivity index (χ3n) is 2.30. The van der Waals surface area contributed by atoms with Gasteiger partial charge in [0.15, 0.2) is 0 Å². The molecule has 1 amide bonds. The van der Waals surface area contributed by atoms with Crippen LogP contribution in [-0.2, 0) is 4.79 Å². The standard InChI is InChI=1S/C13H19FN2OS/c1-10(15)5-7-18-8-6-13(17)16-12-4-2-3-11(14)9-12/h2-4,9-10H,5-8,15H2,1H3,(H,16,17). The molecule has 0 aliphatic heterocycles. The van der Waals surface area contributed by atoms with Gasteiger partial charge in [0.2, 0.25) is 5.91 Å². The van der Waals surface area contributed by atoms with Crippen LogP contribution in [0.4, 0.5) is 10.1 Å². The molecule has 0 bridgehead atoms. The van der Waals surface area contributed by atoms with Crippen LogP contribution in [-0.4, -0.2) is 23.5 Å². The van der Waals surface area contributed by atoms with Crippen LogP contribution in [0, 0.1) is 5.82 Å². The second-order valence-electron chi connectivity index (χ2n) is 4.19. The third-order valence-corrected chi connectivity index (χ3v) is 3.32. The fourth-order valence-corrected chi connectivity index (χ4v) is 2.40. The minimum absolute atomic E-state index is 0.0890. The molecule has 1 aromatic carbocycles. The highest BCUT2D eigenvalue weighted by atomic mass is 32.2. The highest BCUT2D eigenvalue weighted by molar-refractivity contribution is 7.99. The van der Waals surface area contributed by atoms with Crippen LogP contribution < -0.4 is 11.1 Å². The van der Waals surface area contributed by atoms with E-state index in [0.717, 1.165) is 17.9 Å². The van der Waals surface area contributed by atoms with Crippen LogP contribution in [0.2, 0.25) is 0 Å². The van der Waals surface area contributed by atoms with Crippen LogP contribution in [0.5, 0.6) is 0 Å². The van der Waals surface area contributed by atoms with E-state index in [4.69, 9.17) is 5.73 Å². The molecule has 0 saturated carbocycles. The van der Waals surface area contributed by atoms with Crippen molar-refractivity contribution < 1.29 is 9.18 Å². The topological polar surface area (TPSA) is 55.1 Å². The molecule has 1 atom stereocenters. The summed E-state index contributed by atoms with van der Waals surface area (Å²) in [6.45, 7) is 1.97. The van der Waals surface area contributed by atoms with Crippen LogP contribution in [0.25, 0.3) is 0 Å². The quantitative estimate of drug-likeness (QED) is 0.749. The summed E-state index contributed by atoms with van der Waals surface area (Å²) in [6.07, 6.45) is 1.39. The molecule has 100 valence electrons. The van der Waals surface area contributed by atoms with Gasteiger partial charge in [-0.05, 0) is 37.3 Å². The molecule has 0 aliphatic rings. The highest BCUT2D eigenvalue weighted by Crippen LogP contribution is 2.11. The number of rotatable bonds is 7. The van der Waals surface area contributed by atoms with E-state index < -0.39 is 0 Å². The van der Waals surface area contributed by atoms with Crippen LogP contribution >= 0.6 is 11.8 Å². The third kappa shape index (κ3) is 6.61. The van der Waals surface area contributed by atoms with E-state index in [9.17, 15) is 9.18 Å². The SMILES string of the molecule is CC(N)CCSCCC(=O)Nc1cccc(F)c1. The second-order valence-corrected chi connectivity index (χ2v) is 5.41. The number of nitrogens with one attached hydrogen (secondary N) is 1. The number of amides is 1. The summed E-state index contributed by atoms with van der Waals surface area (Å²) in [5.41, 5.74) is 6.12. The lowest BCUT2D eigenvalue weighted by Crippen LogP contribution is -2.16. The fourth-order valence-electron chi connectivity index (χ4n) is 1.33. The van der Waals surface area contributed by atoms with E-state index >= 15 is 0 Å². The number of carbonyl (C=O) groups is 1. The molecule has 1 rings (SSSR count). The Morgan fingerprint density at radius 2 is 2.28 bits per heavy atom. The molecule has 0 spiro atoms. The lowest BCUT2D eigenvalue weighted by Gasteiger charge is -2.06. The molecule has 0 aromatic heterocycles. The Bertz CT molecular complexity index is 385. The Hall–Kier alpha value is -1.07. The number of hydrogen-bond acceptors (Lipinski definition) is 3. The number of thioether (sulfide) groups is 1. The van der Waals surface area contributed by atoms with Gasteiger partial charge in [0.25, 0.3) is 0 Å². The largest absolute Gasteiger partial charge is 0.328 e. The molecule has 1 aromatic rings. The summed E-state index contributed by atoms with van der Waals surface area (Å²) in [7, 11) is 0. The van der Waals surface area contributed by atoms with Crippen molar-refractivity contribution in [3.8, 4) is 0 Å². The van der Waals surface area contributed by atoms with E-state index in [1.54, 1.807) is 23.9 Å². The maximum Gasteiger partial charge on any atom is 0.225 e. The summed E-state index contributed by atoms with van der Waals surface area (Å²) in [5.74, 6) is 1.28. The number of benzene rings is 1. The number of halogens is 1. The normalized spacial score (nSPS) is 12.2. The lowest BCUT2D eigenvalue weighted by atomic mass is 10.3. The summed E-state index contributed by atoms with van der Waals surface area (Å²) in [4.78, 5) is 11.5. The monoisotopic (exact) mass is 270 g/mol. The smallest absolute Gasteiger partial charge is 0.225 e.